The van der Waals surface area contributed by atoms with Crippen molar-refractivity contribution in [3.8, 4) is 0 Å². The largest absolute Gasteiger partial charge is 0.381 e. The summed E-state index contributed by atoms with van der Waals surface area (Å²) >= 11 is 0. The highest BCUT2D eigenvalue weighted by Crippen LogP contribution is 2.30. The van der Waals surface area contributed by atoms with Gasteiger partial charge in [-0.05, 0) is 16.5 Å². The van der Waals surface area contributed by atoms with Crippen molar-refractivity contribution in [3.63, 3.8) is 0 Å². The Labute approximate surface area is 134 Å². The summed E-state index contributed by atoms with van der Waals surface area (Å²) in [5.41, 5.74) is 3.07. The Balaban J connectivity index is 1.63. The van der Waals surface area contributed by atoms with Crippen molar-refractivity contribution in [2.75, 3.05) is 32.9 Å². The topological polar surface area (TPSA) is 21.7 Å². The summed E-state index contributed by atoms with van der Waals surface area (Å²) in [7, 11) is 0. The van der Waals surface area contributed by atoms with Crippen LogP contribution in [-0.4, -0.2) is 43.4 Å². The molecule has 0 radical (unpaired) electrons. The molecule has 2 heterocycles. The Morgan fingerprint density at radius 3 is 2.36 bits per heavy atom. The lowest BCUT2D eigenvalue weighted by molar-refractivity contribution is -0.155. The van der Waals surface area contributed by atoms with Crippen molar-refractivity contribution < 1.29 is 9.47 Å². The number of rotatable bonds is 2. The molecule has 2 saturated heterocycles. The molecule has 0 amide bonds. The van der Waals surface area contributed by atoms with E-state index in [0.29, 0.717) is 0 Å². The van der Waals surface area contributed by atoms with Crippen LogP contribution in [0.15, 0.2) is 24.3 Å². The lowest BCUT2D eigenvalue weighted by Crippen LogP contribution is -2.54. The minimum atomic E-state index is 0.0435. The molecule has 2 fully saturated rings. The van der Waals surface area contributed by atoms with Crippen LogP contribution in [0.25, 0.3) is 0 Å². The first kappa shape index (κ1) is 16.0. The van der Waals surface area contributed by atoms with Crippen molar-refractivity contribution >= 4 is 0 Å². The average Bonchev–Trinajstić information content (AvgIpc) is 2.48. The zero-order chi connectivity index (χ0) is 15.6. The summed E-state index contributed by atoms with van der Waals surface area (Å²) in [6.45, 7) is 12.4. The number of hydrogen-bond donors (Lipinski definition) is 0. The first-order valence-electron chi connectivity index (χ1n) is 8.50. The van der Waals surface area contributed by atoms with Gasteiger partial charge in [-0.15, -0.1) is 0 Å². The van der Waals surface area contributed by atoms with Crippen LogP contribution in [0.4, 0.5) is 0 Å². The Hall–Kier alpha value is -0.900. The first-order valence-corrected chi connectivity index (χ1v) is 8.50. The first-order chi connectivity index (χ1) is 10.5. The second kappa shape index (κ2) is 6.31. The van der Waals surface area contributed by atoms with Gasteiger partial charge in [-0.2, -0.15) is 0 Å². The molecule has 2 aliphatic rings. The van der Waals surface area contributed by atoms with Gasteiger partial charge in [0.05, 0.1) is 12.2 Å². The van der Waals surface area contributed by atoms with Crippen LogP contribution in [0, 0.1) is 0 Å². The van der Waals surface area contributed by atoms with E-state index in [0.717, 1.165) is 52.3 Å². The molecular weight excluding hydrogens is 274 g/mol. The van der Waals surface area contributed by atoms with Gasteiger partial charge in [0.1, 0.15) is 0 Å². The molecule has 1 aromatic carbocycles. The van der Waals surface area contributed by atoms with Crippen molar-refractivity contribution in [2.45, 2.75) is 51.2 Å². The van der Waals surface area contributed by atoms with E-state index in [9.17, 15) is 0 Å². The number of benzene rings is 1. The summed E-state index contributed by atoms with van der Waals surface area (Å²) in [6, 6.07) is 9.12. The van der Waals surface area contributed by atoms with E-state index in [1.54, 1.807) is 0 Å². The van der Waals surface area contributed by atoms with E-state index >= 15 is 0 Å². The summed E-state index contributed by atoms with van der Waals surface area (Å²) < 4.78 is 11.6. The molecule has 0 atom stereocenters. The fourth-order valence-corrected chi connectivity index (χ4v) is 3.47. The lowest BCUT2D eigenvalue weighted by atomic mass is 9.86. The zero-order valence-corrected chi connectivity index (χ0v) is 14.2. The minimum absolute atomic E-state index is 0.0435. The molecule has 3 nitrogen and oxygen atoms in total. The van der Waals surface area contributed by atoms with Crippen molar-refractivity contribution in [1.29, 1.82) is 0 Å². The monoisotopic (exact) mass is 303 g/mol. The molecular formula is C19H29NO2. The summed E-state index contributed by atoms with van der Waals surface area (Å²) in [5, 5.41) is 0. The molecule has 1 spiro atoms. The van der Waals surface area contributed by atoms with Gasteiger partial charge in [-0.25, -0.2) is 0 Å². The average molecular weight is 303 g/mol. The van der Waals surface area contributed by atoms with Gasteiger partial charge in [0.15, 0.2) is 0 Å². The van der Waals surface area contributed by atoms with E-state index in [1.807, 2.05) is 0 Å². The zero-order valence-electron chi connectivity index (χ0n) is 14.2. The Kier molecular flexibility index (Phi) is 4.58. The normalized spacial score (nSPS) is 22.9. The molecule has 2 aliphatic heterocycles. The van der Waals surface area contributed by atoms with Crippen molar-refractivity contribution in [1.82, 2.24) is 4.90 Å². The summed E-state index contributed by atoms with van der Waals surface area (Å²) in [6.07, 6.45) is 2.07. The van der Waals surface area contributed by atoms with Crippen LogP contribution in [0.1, 0.15) is 44.7 Å². The predicted molar refractivity (Wildman–Crippen MR) is 89.2 cm³/mol. The summed E-state index contributed by atoms with van der Waals surface area (Å²) in [5.74, 6) is 0. The molecule has 1 aromatic rings. The van der Waals surface area contributed by atoms with Crippen LogP contribution in [0.3, 0.4) is 0 Å². The molecule has 3 rings (SSSR count). The molecule has 22 heavy (non-hydrogen) atoms. The fourth-order valence-electron chi connectivity index (χ4n) is 3.47. The van der Waals surface area contributed by atoms with Crippen LogP contribution in [-0.2, 0) is 21.4 Å². The highest BCUT2D eigenvalue weighted by Gasteiger charge is 2.38. The van der Waals surface area contributed by atoms with Crippen LogP contribution in [0.2, 0.25) is 0 Å². The molecule has 122 valence electrons. The van der Waals surface area contributed by atoms with E-state index in [1.165, 1.54) is 11.1 Å². The third kappa shape index (κ3) is 3.70. The van der Waals surface area contributed by atoms with Crippen LogP contribution < -0.4 is 0 Å². The lowest BCUT2D eigenvalue weighted by Gasteiger charge is -2.44. The molecule has 3 heteroatoms. The van der Waals surface area contributed by atoms with E-state index in [-0.39, 0.29) is 11.0 Å². The van der Waals surface area contributed by atoms with E-state index < -0.39 is 0 Å². The Bertz CT molecular complexity index is 478. The van der Waals surface area contributed by atoms with Gasteiger partial charge in [0.25, 0.3) is 0 Å². The fraction of sp³-hybridized carbons (Fsp3) is 0.684. The van der Waals surface area contributed by atoms with Gasteiger partial charge in [0.2, 0.25) is 0 Å². The van der Waals surface area contributed by atoms with Gasteiger partial charge < -0.3 is 9.47 Å². The number of hydrogen-bond acceptors (Lipinski definition) is 3. The number of ether oxygens (including phenoxy) is 2. The van der Waals surface area contributed by atoms with Crippen LogP contribution in [0.5, 0.6) is 0 Å². The van der Waals surface area contributed by atoms with Gasteiger partial charge in [-0.1, -0.05) is 45.0 Å². The number of nitrogens with zero attached hydrogens (tertiary/aromatic N) is 1. The third-order valence-electron chi connectivity index (χ3n) is 4.96. The SMILES string of the molecule is CC(C)(C)c1ccc(CN2CCOC3(CCOCC3)C2)cc1. The van der Waals surface area contributed by atoms with Gasteiger partial charge in [0, 0.05) is 45.7 Å². The van der Waals surface area contributed by atoms with Gasteiger partial charge >= 0.3 is 0 Å². The third-order valence-corrected chi connectivity index (χ3v) is 4.96. The Morgan fingerprint density at radius 1 is 1.05 bits per heavy atom. The molecule has 0 aliphatic carbocycles. The highest BCUT2D eigenvalue weighted by atomic mass is 16.5. The molecule has 0 N–H and O–H groups in total. The maximum Gasteiger partial charge on any atom is 0.0853 e. The molecule has 0 bridgehead atoms. The standard InChI is InChI=1S/C19H29NO2/c1-18(2,3)17-6-4-16(5-7-17)14-20-10-13-22-19(15-20)8-11-21-12-9-19/h4-7H,8-15H2,1-3H3. The maximum absolute atomic E-state index is 6.12. The van der Waals surface area contributed by atoms with Crippen molar-refractivity contribution in [2.24, 2.45) is 0 Å². The second-order valence-corrected chi connectivity index (χ2v) is 7.80. The second-order valence-electron chi connectivity index (χ2n) is 7.80. The van der Waals surface area contributed by atoms with Crippen molar-refractivity contribution in [3.05, 3.63) is 35.4 Å². The van der Waals surface area contributed by atoms with Gasteiger partial charge in [-0.3, -0.25) is 4.90 Å². The summed E-state index contributed by atoms with van der Waals surface area (Å²) in [4.78, 5) is 2.54. The molecule has 0 aromatic heterocycles. The Morgan fingerprint density at radius 2 is 1.73 bits per heavy atom. The molecule has 0 unspecified atom stereocenters. The predicted octanol–water partition coefficient (Wildman–Crippen LogP) is 3.37. The molecule has 0 saturated carbocycles. The minimum Gasteiger partial charge on any atom is -0.381 e. The smallest absolute Gasteiger partial charge is 0.0853 e. The highest BCUT2D eigenvalue weighted by molar-refractivity contribution is 5.27. The number of morpholine rings is 1. The van der Waals surface area contributed by atoms with E-state index in [2.05, 4.69) is 49.9 Å². The maximum atomic E-state index is 6.12. The quantitative estimate of drug-likeness (QED) is 0.836. The van der Waals surface area contributed by atoms with E-state index in [4.69, 9.17) is 9.47 Å². The van der Waals surface area contributed by atoms with Crippen LogP contribution >= 0.6 is 0 Å².